The molecule has 5 nitrogen and oxygen atoms in total. The highest BCUT2D eigenvalue weighted by atomic mass is 16.5. The summed E-state index contributed by atoms with van der Waals surface area (Å²) in [5.41, 5.74) is 5.18. The molecule has 0 aromatic heterocycles. The topological polar surface area (TPSA) is 81.4 Å². The third kappa shape index (κ3) is 8.68. The molecule has 0 spiro atoms. The maximum absolute atomic E-state index is 11.3. The van der Waals surface area contributed by atoms with E-state index in [9.17, 15) is 9.59 Å². The van der Waals surface area contributed by atoms with Crippen LogP contribution in [0.2, 0.25) is 0 Å². The molecule has 1 unspecified atom stereocenters. The summed E-state index contributed by atoms with van der Waals surface area (Å²) in [6, 6.07) is -0.304. The fourth-order valence-corrected chi connectivity index (χ4v) is 1.29. The summed E-state index contributed by atoms with van der Waals surface area (Å²) in [6.07, 6.45) is 1.68. The number of hydrogen-bond acceptors (Lipinski definition) is 4. The number of amides is 1. The summed E-state index contributed by atoms with van der Waals surface area (Å²) in [7, 11) is 0. The van der Waals surface area contributed by atoms with Gasteiger partial charge in [0.15, 0.2) is 0 Å². The highest BCUT2D eigenvalue weighted by Crippen LogP contribution is 1.98. The summed E-state index contributed by atoms with van der Waals surface area (Å²) in [4.78, 5) is 22.2. The fraction of sp³-hybridized carbons (Fsp3) is 0.833. The first-order chi connectivity index (χ1) is 7.97. The predicted octanol–water partition coefficient (Wildman–Crippen LogP) is 0.819. The van der Waals surface area contributed by atoms with E-state index in [0.717, 1.165) is 0 Å². The molecule has 1 amide bonds. The molecule has 0 aliphatic heterocycles. The maximum atomic E-state index is 11.3. The van der Waals surface area contributed by atoms with Crippen molar-refractivity contribution in [2.24, 2.45) is 11.7 Å². The number of carbonyl (C=O) groups excluding carboxylic acids is 2. The summed E-state index contributed by atoms with van der Waals surface area (Å²) in [5, 5.41) is 3.01. The highest BCUT2D eigenvalue weighted by Gasteiger charge is 2.11. The van der Waals surface area contributed by atoms with Crippen molar-refractivity contribution in [1.82, 2.24) is 5.32 Å². The first-order valence-corrected chi connectivity index (χ1v) is 6.15. The Bertz CT molecular complexity index is 242. The van der Waals surface area contributed by atoms with E-state index in [-0.39, 0.29) is 17.9 Å². The third-order valence-electron chi connectivity index (χ3n) is 2.28. The number of ether oxygens (including phenoxy) is 1. The average Bonchev–Trinajstić information content (AvgIpc) is 2.25. The highest BCUT2D eigenvalue weighted by molar-refractivity contribution is 5.79. The number of primary amides is 1. The van der Waals surface area contributed by atoms with Crippen molar-refractivity contribution < 1.29 is 14.3 Å². The molecule has 0 saturated heterocycles. The second-order valence-electron chi connectivity index (χ2n) is 4.50. The molecule has 0 saturated carbocycles. The van der Waals surface area contributed by atoms with E-state index in [4.69, 9.17) is 10.5 Å². The van der Waals surface area contributed by atoms with Gasteiger partial charge in [-0.1, -0.05) is 20.8 Å². The zero-order chi connectivity index (χ0) is 13.3. The molecule has 0 aromatic carbocycles. The quantitative estimate of drug-likeness (QED) is 0.465. The first-order valence-electron chi connectivity index (χ1n) is 6.15. The van der Waals surface area contributed by atoms with E-state index in [0.29, 0.717) is 38.3 Å². The van der Waals surface area contributed by atoms with Crippen LogP contribution in [0, 0.1) is 5.92 Å². The Morgan fingerprint density at radius 3 is 2.47 bits per heavy atom. The molecule has 0 bridgehead atoms. The van der Waals surface area contributed by atoms with Gasteiger partial charge in [-0.05, 0) is 25.3 Å². The molecular formula is C12H24N2O3. The van der Waals surface area contributed by atoms with Crippen molar-refractivity contribution in [3.8, 4) is 0 Å². The van der Waals surface area contributed by atoms with Gasteiger partial charge in [0.2, 0.25) is 5.91 Å². The van der Waals surface area contributed by atoms with Crippen LogP contribution in [0.4, 0.5) is 0 Å². The van der Waals surface area contributed by atoms with Crippen LogP contribution >= 0.6 is 0 Å². The van der Waals surface area contributed by atoms with Crippen LogP contribution in [0.15, 0.2) is 0 Å². The molecule has 17 heavy (non-hydrogen) atoms. The van der Waals surface area contributed by atoms with Crippen molar-refractivity contribution >= 4 is 11.9 Å². The van der Waals surface area contributed by atoms with Gasteiger partial charge in [-0.2, -0.15) is 0 Å². The van der Waals surface area contributed by atoms with Crippen molar-refractivity contribution in [2.75, 3.05) is 13.2 Å². The van der Waals surface area contributed by atoms with Crippen molar-refractivity contribution in [1.29, 1.82) is 0 Å². The van der Waals surface area contributed by atoms with Gasteiger partial charge in [-0.25, -0.2) is 0 Å². The molecule has 0 fully saturated rings. The van der Waals surface area contributed by atoms with E-state index in [1.807, 2.05) is 20.8 Å². The van der Waals surface area contributed by atoms with Crippen molar-refractivity contribution in [3.63, 3.8) is 0 Å². The lowest BCUT2D eigenvalue weighted by atomic mass is 10.2. The SMILES string of the molecule is CCC(NCCCC(=O)OCC(C)C)C(N)=O. The minimum absolute atomic E-state index is 0.187. The summed E-state index contributed by atoms with van der Waals surface area (Å²) >= 11 is 0. The van der Waals surface area contributed by atoms with Gasteiger partial charge in [0.1, 0.15) is 0 Å². The largest absolute Gasteiger partial charge is 0.465 e. The fourth-order valence-electron chi connectivity index (χ4n) is 1.29. The van der Waals surface area contributed by atoms with Gasteiger partial charge in [-0.3, -0.25) is 9.59 Å². The number of hydrogen-bond donors (Lipinski definition) is 2. The van der Waals surface area contributed by atoms with E-state index < -0.39 is 0 Å². The smallest absolute Gasteiger partial charge is 0.305 e. The van der Waals surface area contributed by atoms with Gasteiger partial charge in [-0.15, -0.1) is 0 Å². The molecule has 100 valence electrons. The van der Waals surface area contributed by atoms with Crippen LogP contribution in [-0.4, -0.2) is 31.1 Å². The Balaban J connectivity index is 3.56. The van der Waals surface area contributed by atoms with Crippen LogP contribution in [0.5, 0.6) is 0 Å². The Kier molecular flexibility index (Phi) is 8.40. The average molecular weight is 244 g/mol. The maximum Gasteiger partial charge on any atom is 0.305 e. The standard InChI is InChI=1S/C12H24N2O3/c1-4-10(12(13)16)14-7-5-6-11(15)17-8-9(2)3/h9-10,14H,4-8H2,1-3H3,(H2,13,16). The zero-order valence-corrected chi connectivity index (χ0v) is 11.0. The second kappa shape index (κ2) is 8.98. The van der Waals surface area contributed by atoms with Gasteiger partial charge in [0.05, 0.1) is 12.6 Å². The van der Waals surface area contributed by atoms with Gasteiger partial charge in [0, 0.05) is 6.42 Å². The number of rotatable bonds is 9. The monoisotopic (exact) mass is 244 g/mol. The number of carbonyl (C=O) groups is 2. The Morgan fingerprint density at radius 1 is 1.35 bits per heavy atom. The normalized spacial score (nSPS) is 12.5. The van der Waals surface area contributed by atoms with E-state index in [2.05, 4.69) is 5.32 Å². The molecular weight excluding hydrogens is 220 g/mol. The first kappa shape index (κ1) is 15.9. The minimum atomic E-state index is -0.352. The minimum Gasteiger partial charge on any atom is -0.465 e. The molecule has 0 radical (unpaired) electrons. The second-order valence-corrected chi connectivity index (χ2v) is 4.50. The molecule has 0 heterocycles. The zero-order valence-electron chi connectivity index (χ0n) is 11.0. The molecule has 0 rings (SSSR count). The van der Waals surface area contributed by atoms with Crippen LogP contribution < -0.4 is 11.1 Å². The predicted molar refractivity (Wildman–Crippen MR) is 66.3 cm³/mol. The number of nitrogens with one attached hydrogen (secondary N) is 1. The van der Waals surface area contributed by atoms with Gasteiger partial charge < -0.3 is 15.8 Å². The van der Waals surface area contributed by atoms with Crippen LogP contribution in [0.1, 0.15) is 40.0 Å². The molecule has 1 atom stereocenters. The van der Waals surface area contributed by atoms with Crippen LogP contribution in [0.25, 0.3) is 0 Å². The third-order valence-corrected chi connectivity index (χ3v) is 2.28. The Morgan fingerprint density at radius 2 is 2.00 bits per heavy atom. The molecule has 0 aliphatic carbocycles. The van der Waals surface area contributed by atoms with E-state index >= 15 is 0 Å². The molecule has 3 N–H and O–H groups in total. The molecule has 5 heteroatoms. The number of nitrogens with two attached hydrogens (primary N) is 1. The van der Waals surface area contributed by atoms with Crippen molar-refractivity contribution in [2.45, 2.75) is 46.1 Å². The Labute approximate surface area is 103 Å². The van der Waals surface area contributed by atoms with Crippen LogP contribution in [0.3, 0.4) is 0 Å². The summed E-state index contributed by atoms with van der Waals surface area (Å²) in [5.74, 6) is -0.182. The van der Waals surface area contributed by atoms with Crippen LogP contribution in [-0.2, 0) is 14.3 Å². The van der Waals surface area contributed by atoms with Gasteiger partial charge >= 0.3 is 5.97 Å². The lowest BCUT2D eigenvalue weighted by molar-refractivity contribution is -0.144. The summed E-state index contributed by atoms with van der Waals surface area (Å²) in [6.45, 7) is 6.93. The molecule has 0 aliphatic rings. The van der Waals surface area contributed by atoms with E-state index in [1.165, 1.54) is 0 Å². The van der Waals surface area contributed by atoms with E-state index in [1.54, 1.807) is 0 Å². The molecule has 0 aromatic rings. The number of esters is 1. The van der Waals surface area contributed by atoms with Crippen molar-refractivity contribution in [3.05, 3.63) is 0 Å². The van der Waals surface area contributed by atoms with Gasteiger partial charge in [0.25, 0.3) is 0 Å². The Hall–Kier alpha value is -1.10. The summed E-state index contributed by atoms with van der Waals surface area (Å²) < 4.78 is 5.03. The lowest BCUT2D eigenvalue weighted by Crippen LogP contribution is -2.41. The lowest BCUT2D eigenvalue weighted by Gasteiger charge is -2.12.